The molecule has 28 heavy (non-hydrogen) atoms. The van der Waals surface area contributed by atoms with Crippen LogP contribution in [0.5, 0.6) is 0 Å². The Hall–Kier alpha value is -2.65. The van der Waals surface area contributed by atoms with E-state index in [1.165, 1.54) is 19.3 Å². The van der Waals surface area contributed by atoms with Crippen LogP contribution in [-0.4, -0.2) is 42.4 Å². The van der Waals surface area contributed by atoms with Gasteiger partial charge in [-0.1, -0.05) is 17.7 Å². The van der Waals surface area contributed by atoms with Gasteiger partial charge in [0.25, 0.3) is 5.91 Å². The molecule has 1 aliphatic heterocycles. The molecule has 2 aromatic rings. The molecule has 1 fully saturated rings. The first-order valence-electron chi connectivity index (χ1n) is 8.60. The summed E-state index contributed by atoms with van der Waals surface area (Å²) in [4.78, 5) is 16.4. The summed E-state index contributed by atoms with van der Waals surface area (Å²) < 4.78 is 25.9. The van der Waals surface area contributed by atoms with Crippen LogP contribution in [0.1, 0.15) is 28.0 Å². The molecule has 1 aliphatic carbocycles. The SMILES string of the molecule is CN1C(=N)N[C@@]2(CCc3ccc(NC(=O)c4ccc(Cl)cn4)cc32)CS1(=O)=O. The van der Waals surface area contributed by atoms with Crippen LogP contribution in [0.25, 0.3) is 0 Å². The molecule has 2 aliphatic rings. The number of nitrogens with zero attached hydrogens (tertiary/aromatic N) is 2. The van der Waals surface area contributed by atoms with Gasteiger partial charge in [0.05, 0.1) is 16.3 Å². The average Bonchev–Trinajstić information content (AvgIpc) is 2.97. The van der Waals surface area contributed by atoms with Crippen molar-refractivity contribution in [2.45, 2.75) is 18.4 Å². The number of hydrogen-bond donors (Lipinski definition) is 3. The number of rotatable bonds is 2. The lowest BCUT2D eigenvalue weighted by molar-refractivity contribution is 0.102. The van der Waals surface area contributed by atoms with E-state index in [2.05, 4.69) is 15.6 Å². The molecule has 0 unspecified atom stereocenters. The number of halogens is 1. The van der Waals surface area contributed by atoms with Crippen molar-refractivity contribution in [1.82, 2.24) is 14.6 Å². The largest absolute Gasteiger partial charge is 0.345 e. The zero-order chi connectivity index (χ0) is 20.1. The Morgan fingerprint density at radius 3 is 2.82 bits per heavy atom. The van der Waals surface area contributed by atoms with Crippen LogP contribution in [0.2, 0.25) is 5.02 Å². The summed E-state index contributed by atoms with van der Waals surface area (Å²) in [5.41, 5.74) is 1.68. The van der Waals surface area contributed by atoms with Crippen molar-refractivity contribution in [2.75, 3.05) is 18.1 Å². The molecule has 4 rings (SSSR count). The summed E-state index contributed by atoms with van der Waals surface area (Å²) in [6.07, 6.45) is 2.66. The molecule has 146 valence electrons. The summed E-state index contributed by atoms with van der Waals surface area (Å²) in [6.45, 7) is 0. The Balaban J connectivity index is 1.65. The smallest absolute Gasteiger partial charge is 0.274 e. The van der Waals surface area contributed by atoms with Gasteiger partial charge in [0.2, 0.25) is 16.0 Å². The number of guanidine groups is 1. The predicted octanol–water partition coefficient (Wildman–Crippen LogP) is 1.93. The number of anilines is 1. The number of pyridine rings is 1. The van der Waals surface area contributed by atoms with Gasteiger partial charge in [-0.3, -0.25) is 10.2 Å². The summed E-state index contributed by atoms with van der Waals surface area (Å²) in [6, 6.07) is 8.54. The fraction of sp³-hybridized carbons (Fsp3) is 0.278. The number of fused-ring (bicyclic) bond motifs is 2. The molecule has 0 bridgehead atoms. The molecule has 2 heterocycles. The summed E-state index contributed by atoms with van der Waals surface area (Å²) in [7, 11) is -2.23. The van der Waals surface area contributed by atoms with Crippen molar-refractivity contribution in [1.29, 1.82) is 5.41 Å². The molecule has 0 saturated carbocycles. The molecule has 8 nitrogen and oxygen atoms in total. The topological polar surface area (TPSA) is 115 Å². The molecule has 1 amide bonds. The molecule has 1 saturated heterocycles. The molecule has 3 N–H and O–H groups in total. The summed E-state index contributed by atoms with van der Waals surface area (Å²) in [5.74, 6) is -0.679. The fourth-order valence-corrected chi connectivity index (χ4v) is 5.30. The minimum absolute atomic E-state index is 0.137. The highest BCUT2D eigenvalue weighted by Crippen LogP contribution is 2.41. The third-order valence-electron chi connectivity index (χ3n) is 5.18. The van der Waals surface area contributed by atoms with Gasteiger partial charge in [0.1, 0.15) is 5.69 Å². The van der Waals surface area contributed by atoms with Crippen molar-refractivity contribution < 1.29 is 13.2 Å². The van der Waals surface area contributed by atoms with Crippen molar-refractivity contribution in [2.24, 2.45) is 0 Å². The lowest BCUT2D eigenvalue weighted by atomic mass is 9.93. The van der Waals surface area contributed by atoms with Crippen molar-refractivity contribution in [3.05, 3.63) is 58.4 Å². The quantitative estimate of drug-likeness (QED) is 0.687. The number of amides is 1. The minimum atomic E-state index is -3.59. The van der Waals surface area contributed by atoms with E-state index >= 15 is 0 Å². The van der Waals surface area contributed by atoms with E-state index in [9.17, 15) is 13.2 Å². The van der Waals surface area contributed by atoms with Crippen LogP contribution in [0.4, 0.5) is 5.69 Å². The normalized spacial score (nSPS) is 22.6. The first-order valence-corrected chi connectivity index (χ1v) is 10.6. The number of benzene rings is 1. The lowest BCUT2D eigenvalue weighted by Crippen LogP contribution is -2.61. The van der Waals surface area contributed by atoms with Crippen LogP contribution in [0.15, 0.2) is 36.5 Å². The molecule has 1 atom stereocenters. The number of aryl methyl sites for hydroxylation is 1. The van der Waals surface area contributed by atoms with Gasteiger partial charge < -0.3 is 10.6 Å². The molecular formula is C18H18ClN5O3S. The Morgan fingerprint density at radius 2 is 2.14 bits per heavy atom. The van der Waals surface area contributed by atoms with E-state index in [0.29, 0.717) is 23.6 Å². The molecule has 1 aromatic heterocycles. The predicted molar refractivity (Wildman–Crippen MR) is 106 cm³/mol. The van der Waals surface area contributed by atoms with Gasteiger partial charge in [-0.2, -0.15) is 0 Å². The fourth-order valence-electron chi connectivity index (χ4n) is 3.67. The first-order chi connectivity index (χ1) is 13.2. The number of nitrogens with one attached hydrogen (secondary N) is 3. The molecule has 10 heteroatoms. The number of aromatic nitrogens is 1. The van der Waals surface area contributed by atoms with Gasteiger partial charge in [-0.05, 0) is 48.2 Å². The van der Waals surface area contributed by atoms with Crippen LogP contribution in [-0.2, 0) is 22.0 Å². The second kappa shape index (κ2) is 6.46. The van der Waals surface area contributed by atoms with Gasteiger partial charge >= 0.3 is 0 Å². The second-order valence-electron chi connectivity index (χ2n) is 6.97. The summed E-state index contributed by atoms with van der Waals surface area (Å²) in [5, 5.41) is 14.3. The molecule has 1 spiro atoms. The maximum Gasteiger partial charge on any atom is 0.274 e. The number of carbonyl (C=O) groups is 1. The van der Waals surface area contributed by atoms with E-state index in [1.807, 2.05) is 6.07 Å². The number of sulfonamides is 1. The Morgan fingerprint density at radius 1 is 1.36 bits per heavy atom. The van der Waals surface area contributed by atoms with Crippen LogP contribution in [0.3, 0.4) is 0 Å². The number of carbonyl (C=O) groups excluding carboxylic acids is 1. The monoisotopic (exact) mass is 419 g/mol. The standard InChI is InChI=1S/C18H18ClN5O3S/c1-24-17(20)23-18(10-28(24,26)27)7-6-11-2-4-13(8-14(11)18)22-16(25)15-5-3-12(19)9-21-15/h2-5,8-9H,6-7,10H2,1H3,(H2,20,23)(H,22,25)/t18-/m0/s1. The highest BCUT2D eigenvalue weighted by molar-refractivity contribution is 7.89. The van der Waals surface area contributed by atoms with E-state index in [0.717, 1.165) is 15.4 Å². The van der Waals surface area contributed by atoms with Gasteiger partial charge in [0.15, 0.2) is 0 Å². The Labute approximate surface area is 167 Å². The third-order valence-corrected chi connectivity index (χ3v) is 7.28. The Kier molecular flexibility index (Phi) is 4.31. The van der Waals surface area contributed by atoms with Crippen molar-refractivity contribution in [3.63, 3.8) is 0 Å². The maximum atomic E-state index is 12.5. The van der Waals surface area contributed by atoms with Crippen LogP contribution in [0, 0.1) is 5.41 Å². The maximum absolute atomic E-state index is 12.5. The van der Waals surface area contributed by atoms with E-state index in [1.54, 1.807) is 18.2 Å². The zero-order valence-electron chi connectivity index (χ0n) is 15.0. The van der Waals surface area contributed by atoms with E-state index < -0.39 is 15.6 Å². The average molecular weight is 420 g/mol. The Bertz CT molecular complexity index is 1090. The highest BCUT2D eigenvalue weighted by Gasteiger charge is 2.48. The lowest BCUT2D eigenvalue weighted by Gasteiger charge is -2.40. The second-order valence-corrected chi connectivity index (χ2v) is 9.40. The van der Waals surface area contributed by atoms with Crippen LogP contribution < -0.4 is 10.6 Å². The highest BCUT2D eigenvalue weighted by atomic mass is 35.5. The van der Waals surface area contributed by atoms with E-state index in [-0.39, 0.29) is 23.3 Å². The minimum Gasteiger partial charge on any atom is -0.345 e. The third kappa shape index (κ3) is 3.10. The van der Waals surface area contributed by atoms with E-state index in [4.69, 9.17) is 17.0 Å². The summed E-state index contributed by atoms with van der Waals surface area (Å²) >= 11 is 5.80. The molecular weight excluding hydrogens is 402 g/mol. The number of hydrogen-bond acceptors (Lipinski definition) is 5. The van der Waals surface area contributed by atoms with Crippen LogP contribution >= 0.6 is 11.6 Å². The van der Waals surface area contributed by atoms with Gasteiger partial charge in [0, 0.05) is 18.9 Å². The zero-order valence-corrected chi connectivity index (χ0v) is 16.6. The van der Waals surface area contributed by atoms with Crippen molar-refractivity contribution >= 4 is 39.2 Å². The molecule has 0 radical (unpaired) electrons. The molecule has 1 aromatic carbocycles. The first kappa shape index (κ1) is 18.7. The van der Waals surface area contributed by atoms with Gasteiger partial charge in [-0.15, -0.1) is 0 Å². The van der Waals surface area contributed by atoms with Crippen molar-refractivity contribution in [3.8, 4) is 0 Å². The van der Waals surface area contributed by atoms with Gasteiger partial charge in [-0.25, -0.2) is 17.7 Å².